The van der Waals surface area contributed by atoms with Gasteiger partial charge in [-0.1, -0.05) is 66.2 Å². The first-order chi connectivity index (χ1) is 12.0. The number of anilines is 1. The molecule has 0 unspecified atom stereocenters. The number of hydrogen-bond donors (Lipinski definition) is 0. The Kier molecular flexibility index (Phi) is 11.4. The monoisotopic (exact) mass is 388 g/mol. The zero-order valence-electron chi connectivity index (χ0n) is 16.3. The van der Waals surface area contributed by atoms with Gasteiger partial charge < -0.3 is 4.90 Å². The second-order valence-corrected chi connectivity index (χ2v) is 7.59. The molecule has 0 spiro atoms. The second-order valence-electron chi connectivity index (χ2n) is 6.91. The first-order valence-corrected chi connectivity index (χ1v) is 10.6. The molecule has 0 radical (unpaired) electrons. The lowest BCUT2D eigenvalue weighted by atomic mass is 9.96. The summed E-state index contributed by atoms with van der Waals surface area (Å²) >= 11 is 12.1. The van der Waals surface area contributed by atoms with Gasteiger partial charge in [0.05, 0.1) is 0 Å². The minimum absolute atomic E-state index is 0.170. The number of hydrogen-bond acceptors (Lipinski definition) is 4. The fourth-order valence-corrected chi connectivity index (χ4v) is 3.51. The van der Waals surface area contributed by atoms with E-state index in [1.165, 1.54) is 38.5 Å². The molecule has 0 saturated carbocycles. The third kappa shape index (κ3) is 8.54. The van der Waals surface area contributed by atoms with Crippen molar-refractivity contribution in [3.8, 4) is 0 Å². The summed E-state index contributed by atoms with van der Waals surface area (Å²) in [6.07, 6.45) is 9.78. The van der Waals surface area contributed by atoms with Crippen LogP contribution in [0, 0.1) is 11.8 Å². The van der Waals surface area contributed by atoms with Crippen molar-refractivity contribution in [2.24, 2.45) is 11.8 Å². The fourth-order valence-electron chi connectivity index (χ4n) is 3.15. The van der Waals surface area contributed by atoms with Crippen LogP contribution in [0.25, 0.3) is 0 Å². The number of rotatable bonds is 13. The van der Waals surface area contributed by atoms with Crippen LogP contribution >= 0.6 is 23.2 Å². The number of aromatic nitrogens is 3. The Hall–Kier alpha value is -0.610. The summed E-state index contributed by atoms with van der Waals surface area (Å²) in [5.74, 6) is 1.89. The quantitative estimate of drug-likeness (QED) is 0.390. The first-order valence-electron chi connectivity index (χ1n) is 9.85. The molecule has 0 saturated heterocycles. The number of unbranched alkanes of at least 4 members (excludes halogenated alkanes) is 2. The van der Waals surface area contributed by atoms with Crippen molar-refractivity contribution in [3.05, 3.63) is 10.6 Å². The van der Waals surface area contributed by atoms with E-state index in [1.54, 1.807) is 0 Å². The van der Waals surface area contributed by atoms with Crippen LogP contribution in [0.3, 0.4) is 0 Å². The molecule has 4 nitrogen and oxygen atoms in total. The Bertz CT molecular complexity index is 446. The van der Waals surface area contributed by atoms with Gasteiger partial charge in [-0.25, -0.2) is 0 Å². The maximum Gasteiger partial charge on any atom is 0.230 e. The van der Waals surface area contributed by atoms with Crippen molar-refractivity contribution in [1.29, 1.82) is 0 Å². The maximum absolute atomic E-state index is 6.03. The third-order valence-corrected chi connectivity index (χ3v) is 5.23. The summed E-state index contributed by atoms with van der Waals surface area (Å²) < 4.78 is 0. The van der Waals surface area contributed by atoms with Gasteiger partial charge in [0.15, 0.2) is 0 Å². The van der Waals surface area contributed by atoms with Crippen molar-refractivity contribution >= 4 is 29.2 Å². The van der Waals surface area contributed by atoms with Crippen molar-refractivity contribution in [1.82, 2.24) is 15.0 Å². The van der Waals surface area contributed by atoms with Gasteiger partial charge in [-0.05, 0) is 47.9 Å². The molecule has 1 aromatic heterocycles. The normalized spacial score (nSPS) is 13.7. The molecule has 0 aliphatic heterocycles. The highest BCUT2D eigenvalue weighted by Crippen LogP contribution is 2.23. The first kappa shape index (κ1) is 22.4. The molecule has 1 heterocycles. The molecule has 0 amide bonds. The minimum Gasteiger partial charge on any atom is -0.340 e. The molecule has 144 valence electrons. The Morgan fingerprint density at radius 2 is 1.20 bits per heavy atom. The van der Waals surface area contributed by atoms with Gasteiger partial charge in [-0.15, -0.1) is 0 Å². The van der Waals surface area contributed by atoms with Crippen molar-refractivity contribution in [2.45, 2.75) is 79.1 Å². The predicted octanol–water partition coefficient (Wildman–Crippen LogP) is 6.42. The molecule has 1 aromatic rings. The lowest BCUT2D eigenvalue weighted by Gasteiger charge is -2.30. The minimum atomic E-state index is 0.170. The SMILES string of the molecule is CCCC[C@@H](CC)CN(C[C@H](CC)CCCC)c1nc(Cl)nc(Cl)n1. The molecule has 0 bridgehead atoms. The van der Waals surface area contributed by atoms with E-state index in [0.717, 1.165) is 25.9 Å². The highest BCUT2D eigenvalue weighted by atomic mass is 35.5. The van der Waals surface area contributed by atoms with E-state index in [1.807, 2.05) is 0 Å². The molecule has 0 N–H and O–H groups in total. The average molecular weight is 389 g/mol. The summed E-state index contributed by atoms with van der Waals surface area (Å²) in [7, 11) is 0. The summed E-state index contributed by atoms with van der Waals surface area (Å²) in [6, 6.07) is 0. The van der Waals surface area contributed by atoms with Crippen LogP contribution in [0.5, 0.6) is 0 Å². The summed E-state index contributed by atoms with van der Waals surface area (Å²) in [5.41, 5.74) is 0. The van der Waals surface area contributed by atoms with E-state index >= 15 is 0 Å². The van der Waals surface area contributed by atoms with Crippen molar-refractivity contribution in [3.63, 3.8) is 0 Å². The Morgan fingerprint density at radius 1 is 0.760 bits per heavy atom. The van der Waals surface area contributed by atoms with E-state index < -0.39 is 0 Å². The Morgan fingerprint density at radius 3 is 1.56 bits per heavy atom. The van der Waals surface area contributed by atoms with Crippen LogP contribution in [0.4, 0.5) is 5.95 Å². The highest BCUT2D eigenvalue weighted by Gasteiger charge is 2.20. The largest absolute Gasteiger partial charge is 0.340 e. The van der Waals surface area contributed by atoms with Gasteiger partial charge in [0, 0.05) is 13.1 Å². The van der Waals surface area contributed by atoms with E-state index in [9.17, 15) is 0 Å². The van der Waals surface area contributed by atoms with Gasteiger partial charge in [0.25, 0.3) is 0 Å². The summed E-state index contributed by atoms with van der Waals surface area (Å²) in [6.45, 7) is 10.9. The number of nitrogens with zero attached hydrogens (tertiary/aromatic N) is 4. The fraction of sp³-hybridized carbons (Fsp3) is 0.842. The number of halogens is 2. The molecular weight excluding hydrogens is 355 g/mol. The molecule has 0 aliphatic rings. The van der Waals surface area contributed by atoms with Crippen LogP contribution in [0.15, 0.2) is 0 Å². The average Bonchev–Trinajstić information content (AvgIpc) is 2.59. The lowest BCUT2D eigenvalue weighted by molar-refractivity contribution is 0.400. The highest BCUT2D eigenvalue weighted by molar-refractivity contribution is 6.31. The smallest absolute Gasteiger partial charge is 0.230 e. The molecule has 1 rings (SSSR count). The van der Waals surface area contributed by atoms with Crippen LogP contribution in [-0.2, 0) is 0 Å². The molecule has 2 atom stereocenters. The van der Waals surface area contributed by atoms with Gasteiger partial charge in [-0.2, -0.15) is 15.0 Å². The predicted molar refractivity (Wildman–Crippen MR) is 109 cm³/mol. The lowest BCUT2D eigenvalue weighted by Crippen LogP contribution is -2.35. The molecule has 6 heteroatoms. The zero-order chi connectivity index (χ0) is 18.7. The maximum atomic E-state index is 6.03. The van der Waals surface area contributed by atoms with Gasteiger partial charge in [-0.3, -0.25) is 0 Å². The summed E-state index contributed by atoms with van der Waals surface area (Å²) in [4.78, 5) is 14.9. The van der Waals surface area contributed by atoms with E-state index in [0.29, 0.717) is 17.8 Å². The van der Waals surface area contributed by atoms with Gasteiger partial charge >= 0.3 is 0 Å². The second kappa shape index (κ2) is 12.7. The third-order valence-electron chi connectivity index (χ3n) is 4.90. The molecule has 0 aliphatic carbocycles. The van der Waals surface area contributed by atoms with Crippen LogP contribution < -0.4 is 4.90 Å². The summed E-state index contributed by atoms with van der Waals surface area (Å²) in [5, 5.41) is 0.339. The van der Waals surface area contributed by atoms with E-state index in [4.69, 9.17) is 23.2 Å². The Balaban J connectivity index is 2.95. The standard InChI is InChI=1S/C19H34Cl2N4/c1-5-9-11-15(7-3)13-25(14-16(8-4)12-10-6-2)19-23-17(20)22-18(21)24-19/h15-16H,5-14H2,1-4H3/t15-,16-/m1/s1. The molecule has 0 aromatic carbocycles. The van der Waals surface area contributed by atoms with Crippen molar-refractivity contribution in [2.75, 3.05) is 18.0 Å². The van der Waals surface area contributed by atoms with E-state index in [-0.39, 0.29) is 10.6 Å². The topological polar surface area (TPSA) is 41.9 Å². The van der Waals surface area contributed by atoms with Gasteiger partial charge in [0.1, 0.15) is 0 Å². The molecule has 0 fully saturated rings. The van der Waals surface area contributed by atoms with Crippen LogP contribution in [0.2, 0.25) is 10.6 Å². The van der Waals surface area contributed by atoms with Crippen LogP contribution in [0.1, 0.15) is 79.1 Å². The van der Waals surface area contributed by atoms with E-state index in [2.05, 4.69) is 47.5 Å². The van der Waals surface area contributed by atoms with Crippen molar-refractivity contribution < 1.29 is 0 Å². The van der Waals surface area contributed by atoms with Gasteiger partial charge in [0.2, 0.25) is 16.5 Å². The molecular formula is C19H34Cl2N4. The molecule has 25 heavy (non-hydrogen) atoms. The zero-order valence-corrected chi connectivity index (χ0v) is 17.8. The van der Waals surface area contributed by atoms with Crippen LogP contribution in [-0.4, -0.2) is 28.0 Å². The Labute approximate surface area is 163 Å².